The number of fused-ring (bicyclic) bond motifs is 4. The van der Waals surface area contributed by atoms with Gasteiger partial charge in [0.05, 0.1) is 5.69 Å². The van der Waals surface area contributed by atoms with Gasteiger partial charge in [-0.25, -0.2) is 9.98 Å². The molecular formula is C49H37N3. The van der Waals surface area contributed by atoms with Gasteiger partial charge in [0.1, 0.15) is 11.6 Å². The summed E-state index contributed by atoms with van der Waals surface area (Å²) in [5, 5.41) is 7.44. The topological polar surface area (TPSA) is 28.5 Å². The molecule has 0 fully saturated rings. The van der Waals surface area contributed by atoms with Crippen molar-refractivity contribution in [3.8, 4) is 33.4 Å². The Bertz CT molecular complexity index is 2680. The lowest BCUT2D eigenvalue weighted by molar-refractivity contribution is 0.616. The standard InChI is InChI=1S/C49H37N3/c1-5-42-48(50-4)52(45-25-15-16-30-51-45)44-29-26-33(31-43(44)49(42,2)3)34-27-28-41(36-20-10-9-19-35(34)36)47-39-23-13-11-21-37(39)46(32-17-7-6-8-18-32)38-22-12-14-24-40(38)47/h5-31H,1,4H2,2-3H3. The molecule has 0 spiro atoms. The van der Waals surface area contributed by atoms with Gasteiger partial charge >= 0.3 is 0 Å². The van der Waals surface area contributed by atoms with Crippen LogP contribution >= 0.6 is 0 Å². The lowest BCUT2D eigenvalue weighted by atomic mass is 9.73. The first-order chi connectivity index (χ1) is 25.5. The third-order valence-electron chi connectivity index (χ3n) is 10.8. The fourth-order valence-corrected chi connectivity index (χ4v) is 8.38. The third kappa shape index (κ3) is 4.74. The van der Waals surface area contributed by atoms with E-state index in [0.717, 1.165) is 28.5 Å². The first-order valence-corrected chi connectivity index (χ1v) is 17.7. The highest BCUT2D eigenvalue weighted by Gasteiger charge is 2.38. The van der Waals surface area contributed by atoms with Crippen molar-refractivity contribution in [2.45, 2.75) is 19.3 Å². The van der Waals surface area contributed by atoms with E-state index in [-0.39, 0.29) is 5.41 Å². The van der Waals surface area contributed by atoms with Crippen LogP contribution in [0.25, 0.3) is 65.7 Å². The molecule has 0 aliphatic carbocycles. The van der Waals surface area contributed by atoms with Crippen LogP contribution in [-0.4, -0.2) is 11.7 Å². The van der Waals surface area contributed by atoms with Gasteiger partial charge in [-0.3, -0.25) is 4.90 Å². The lowest BCUT2D eigenvalue weighted by Crippen LogP contribution is -2.33. The van der Waals surface area contributed by atoms with E-state index in [2.05, 4.69) is 170 Å². The second-order valence-electron chi connectivity index (χ2n) is 13.9. The Labute approximate surface area is 304 Å². The molecule has 8 aromatic rings. The van der Waals surface area contributed by atoms with E-state index in [1.807, 2.05) is 30.5 Å². The molecule has 1 aliphatic rings. The summed E-state index contributed by atoms with van der Waals surface area (Å²) in [6.07, 6.45) is 3.73. The molecule has 248 valence electrons. The maximum Gasteiger partial charge on any atom is 0.142 e. The van der Waals surface area contributed by atoms with Gasteiger partial charge in [0.25, 0.3) is 0 Å². The Morgan fingerprint density at radius 2 is 1.13 bits per heavy atom. The maximum absolute atomic E-state index is 4.71. The first kappa shape index (κ1) is 31.4. The van der Waals surface area contributed by atoms with Crippen LogP contribution in [0.5, 0.6) is 0 Å². The number of benzene rings is 7. The van der Waals surface area contributed by atoms with E-state index in [9.17, 15) is 0 Å². The van der Waals surface area contributed by atoms with Gasteiger partial charge < -0.3 is 0 Å². The summed E-state index contributed by atoms with van der Waals surface area (Å²) in [5.41, 5.74) is 10.2. The minimum atomic E-state index is -0.372. The molecule has 2 heterocycles. The average Bonchev–Trinajstić information content (AvgIpc) is 3.20. The molecule has 9 rings (SSSR count). The minimum Gasteiger partial charge on any atom is -0.278 e. The van der Waals surface area contributed by atoms with Crippen LogP contribution in [0.3, 0.4) is 0 Å². The molecule has 0 radical (unpaired) electrons. The van der Waals surface area contributed by atoms with Gasteiger partial charge in [-0.05, 0) is 102 Å². The zero-order chi connectivity index (χ0) is 35.4. The molecule has 3 heteroatoms. The predicted octanol–water partition coefficient (Wildman–Crippen LogP) is 13.1. The molecule has 0 N–H and O–H groups in total. The van der Waals surface area contributed by atoms with Gasteiger partial charge in [0.15, 0.2) is 0 Å². The predicted molar refractivity (Wildman–Crippen MR) is 221 cm³/mol. The molecule has 52 heavy (non-hydrogen) atoms. The normalized spacial score (nSPS) is 13.8. The molecule has 0 unspecified atom stereocenters. The number of aliphatic imine (C=N–C) groups is 1. The molecule has 3 nitrogen and oxygen atoms in total. The maximum atomic E-state index is 4.71. The van der Waals surface area contributed by atoms with Crippen molar-refractivity contribution < 1.29 is 0 Å². The van der Waals surface area contributed by atoms with E-state index in [0.29, 0.717) is 0 Å². The van der Waals surface area contributed by atoms with Crippen LogP contribution in [0.4, 0.5) is 11.5 Å². The molecule has 0 amide bonds. The minimum absolute atomic E-state index is 0.372. The fraction of sp³-hybridized carbons (Fsp3) is 0.0612. The number of anilines is 2. The highest BCUT2D eigenvalue weighted by Crippen LogP contribution is 2.51. The molecular weight excluding hydrogens is 631 g/mol. The summed E-state index contributed by atoms with van der Waals surface area (Å²) in [4.78, 5) is 11.3. The molecule has 0 saturated heterocycles. The van der Waals surface area contributed by atoms with Crippen molar-refractivity contribution in [2.24, 2.45) is 4.99 Å². The van der Waals surface area contributed by atoms with Crippen molar-refractivity contribution in [2.75, 3.05) is 4.90 Å². The Hall–Kier alpha value is -6.58. The summed E-state index contributed by atoms with van der Waals surface area (Å²) in [7, 11) is 0. The first-order valence-electron chi connectivity index (χ1n) is 17.7. The van der Waals surface area contributed by atoms with Crippen molar-refractivity contribution in [3.63, 3.8) is 0 Å². The average molecular weight is 668 g/mol. The largest absolute Gasteiger partial charge is 0.278 e. The number of aromatic nitrogens is 1. The van der Waals surface area contributed by atoms with Gasteiger partial charge in [0.2, 0.25) is 0 Å². The number of rotatable bonds is 6. The Morgan fingerprint density at radius 3 is 1.73 bits per heavy atom. The Kier molecular flexibility index (Phi) is 7.45. The summed E-state index contributed by atoms with van der Waals surface area (Å²) < 4.78 is 0. The molecule has 0 saturated carbocycles. The Morgan fingerprint density at radius 1 is 0.577 bits per heavy atom. The highest BCUT2D eigenvalue weighted by atomic mass is 15.3. The zero-order valence-corrected chi connectivity index (χ0v) is 29.3. The van der Waals surface area contributed by atoms with E-state index >= 15 is 0 Å². The van der Waals surface area contributed by atoms with Crippen LogP contribution in [0.1, 0.15) is 19.4 Å². The quantitative estimate of drug-likeness (QED) is 0.130. The zero-order valence-electron chi connectivity index (χ0n) is 29.3. The lowest BCUT2D eigenvalue weighted by Gasteiger charge is -2.41. The number of pyridine rings is 1. The summed E-state index contributed by atoms with van der Waals surface area (Å²) in [6, 6.07) is 54.7. The summed E-state index contributed by atoms with van der Waals surface area (Å²) >= 11 is 0. The second-order valence-corrected chi connectivity index (χ2v) is 13.9. The van der Waals surface area contributed by atoms with Crippen LogP contribution in [0, 0.1) is 0 Å². The van der Waals surface area contributed by atoms with Crippen molar-refractivity contribution in [1.29, 1.82) is 0 Å². The van der Waals surface area contributed by atoms with E-state index in [1.165, 1.54) is 65.7 Å². The summed E-state index contributed by atoms with van der Waals surface area (Å²) in [5.74, 6) is 1.55. The molecule has 7 aromatic carbocycles. The van der Waals surface area contributed by atoms with E-state index in [1.54, 1.807) is 0 Å². The van der Waals surface area contributed by atoms with Gasteiger partial charge in [-0.15, -0.1) is 0 Å². The fourth-order valence-electron chi connectivity index (χ4n) is 8.38. The highest BCUT2D eigenvalue weighted by molar-refractivity contribution is 6.24. The molecule has 0 bridgehead atoms. The summed E-state index contributed by atoms with van der Waals surface area (Å²) in [6.45, 7) is 12.7. The van der Waals surface area contributed by atoms with Crippen molar-refractivity contribution >= 4 is 50.5 Å². The number of allylic oxidation sites excluding steroid dienone is 2. The SMILES string of the molecule is C=CC1=C(N=C)N(c2ccccn2)c2ccc(-c3ccc(-c4c5ccccc5c(-c5ccccc5)c5ccccc45)c4ccccc34)cc2C1(C)C. The van der Waals surface area contributed by atoms with Gasteiger partial charge in [-0.1, -0.05) is 154 Å². The smallest absolute Gasteiger partial charge is 0.142 e. The van der Waals surface area contributed by atoms with Crippen LogP contribution in [0.2, 0.25) is 0 Å². The van der Waals surface area contributed by atoms with E-state index < -0.39 is 0 Å². The molecule has 1 aromatic heterocycles. The van der Waals surface area contributed by atoms with Crippen LogP contribution in [-0.2, 0) is 5.41 Å². The third-order valence-corrected chi connectivity index (χ3v) is 10.8. The number of nitrogens with zero attached hydrogens (tertiary/aromatic N) is 3. The molecule has 1 aliphatic heterocycles. The van der Waals surface area contributed by atoms with E-state index in [4.69, 9.17) is 4.98 Å². The Balaban J connectivity index is 1.28. The number of hydrogen-bond acceptors (Lipinski definition) is 3. The monoisotopic (exact) mass is 667 g/mol. The van der Waals surface area contributed by atoms with Crippen molar-refractivity contribution in [3.05, 3.63) is 187 Å². The second kappa shape index (κ2) is 12.3. The van der Waals surface area contributed by atoms with Gasteiger partial charge in [0, 0.05) is 17.2 Å². The van der Waals surface area contributed by atoms with Crippen molar-refractivity contribution in [1.82, 2.24) is 4.98 Å². The van der Waals surface area contributed by atoms with Gasteiger partial charge in [-0.2, -0.15) is 0 Å². The van der Waals surface area contributed by atoms with Crippen LogP contribution < -0.4 is 4.90 Å². The number of hydrogen-bond donors (Lipinski definition) is 0. The molecule has 0 atom stereocenters. The van der Waals surface area contributed by atoms with Crippen LogP contribution in [0.15, 0.2) is 187 Å².